The molecular formula is C20H21BrClN3O3S. The monoisotopic (exact) mass is 497 g/mol. The fourth-order valence-electron chi connectivity index (χ4n) is 2.64. The lowest BCUT2D eigenvalue weighted by atomic mass is 10.2. The second-order valence-corrected chi connectivity index (χ2v) is 9.92. The quantitative estimate of drug-likeness (QED) is 0.443. The topological polar surface area (TPSA) is 75.4 Å². The molecule has 6 nitrogen and oxygen atoms in total. The van der Waals surface area contributed by atoms with Gasteiger partial charge in [-0.25, -0.2) is 8.42 Å². The van der Waals surface area contributed by atoms with Gasteiger partial charge in [0.2, 0.25) is 26.6 Å². The van der Waals surface area contributed by atoms with Crippen LogP contribution in [0.1, 0.15) is 6.42 Å². The highest BCUT2D eigenvalue weighted by atomic mass is 79.9. The summed E-state index contributed by atoms with van der Waals surface area (Å²) in [5.74, 6) is 0.351. The van der Waals surface area contributed by atoms with Gasteiger partial charge in [-0.2, -0.15) is 4.98 Å². The van der Waals surface area contributed by atoms with Crippen LogP contribution in [0.15, 0.2) is 67.3 Å². The Kier molecular flexibility index (Phi) is 7.00. The maximum Gasteiger partial charge on any atom is 0.233 e. The van der Waals surface area contributed by atoms with Crippen LogP contribution >= 0.6 is 27.5 Å². The second kappa shape index (κ2) is 9.30. The molecule has 3 rings (SSSR count). The summed E-state index contributed by atoms with van der Waals surface area (Å²) >= 11 is 9.27. The molecule has 0 unspecified atom stereocenters. The fraction of sp³-hybridized carbons (Fsp3) is 0.250. The molecule has 154 valence electrons. The smallest absolute Gasteiger partial charge is 0.233 e. The number of rotatable bonds is 8. The molecule has 0 aliphatic rings. The Morgan fingerprint density at radius 3 is 2.38 bits per heavy atom. The Bertz CT molecular complexity index is 1070. The summed E-state index contributed by atoms with van der Waals surface area (Å²) in [5, 5.41) is 3.53. The molecule has 2 aromatic carbocycles. The van der Waals surface area contributed by atoms with Crippen molar-refractivity contribution in [3.8, 4) is 11.5 Å². The molecule has 1 heterocycles. The normalized spacial score (nSPS) is 11.8. The molecule has 0 amide bonds. The van der Waals surface area contributed by atoms with Crippen LogP contribution in [0.3, 0.4) is 0 Å². The molecule has 1 aromatic heterocycles. The van der Waals surface area contributed by atoms with Gasteiger partial charge in [0.1, 0.15) is 0 Å². The highest BCUT2D eigenvalue weighted by Gasteiger charge is 2.28. The van der Waals surface area contributed by atoms with Gasteiger partial charge in [0.05, 0.1) is 4.90 Å². The van der Waals surface area contributed by atoms with Crippen LogP contribution in [-0.4, -0.2) is 45.5 Å². The van der Waals surface area contributed by atoms with E-state index in [4.69, 9.17) is 16.0 Å². The lowest BCUT2D eigenvalue weighted by Gasteiger charge is -2.10. The molecule has 3 aromatic rings. The first-order chi connectivity index (χ1) is 13.8. The highest BCUT2D eigenvalue weighted by molar-refractivity contribution is 9.10. The molecule has 0 radical (unpaired) electrons. The van der Waals surface area contributed by atoms with Crippen molar-refractivity contribution in [3.63, 3.8) is 0 Å². The van der Waals surface area contributed by atoms with Crippen molar-refractivity contribution < 1.29 is 12.8 Å². The van der Waals surface area contributed by atoms with Gasteiger partial charge >= 0.3 is 0 Å². The largest absolute Gasteiger partial charge is 0.419 e. The summed E-state index contributed by atoms with van der Waals surface area (Å²) in [4.78, 5) is 6.51. The van der Waals surface area contributed by atoms with Crippen LogP contribution in [0.5, 0.6) is 0 Å². The molecule has 0 bridgehead atoms. The van der Waals surface area contributed by atoms with E-state index in [1.54, 1.807) is 36.4 Å². The molecule has 0 aliphatic heterocycles. The van der Waals surface area contributed by atoms with Crippen LogP contribution in [0.25, 0.3) is 11.5 Å². The molecule has 0 spiro atoms. The molecule has 29 heavy (non-hydrogen) atoms. The Balaban J connectivity index is 1.98. The maximum absolute atomic E-state index is 13.2. The number of oxazole rings is 1. The first-order valence-corrected chi connectivity index (χ1v) is 11.6. The predicted octanol–water partition coefficient (Wildman–Crippen LogP) is 4.95. The maximum atomic E-state index is 13.2. The molecule has 0 aliphatic carbocycles. The minimum atomic E-state index is -3.86. The van der Waals surface area contributed by atoms with E-state index in [0.29, 0.717) is 17.1 Å². The van der Waals surface area contributed by atoms with Gasteiger partial charge in [-0.3, -0.25) is 0 Å². The molecule has 9 heteroatoms. The summed E-state index contributed by atoms with van der Waals surface area (Å²) in [7, 11) is 0.105. The van der Waals surface area contributed by atoms with Crippen molar-refractivity contribution >= 4 is 43.3 Å². The molecule has 0 fully saturated rings. The fourth-order valence-corrected chi connectivity index (χ4v) is 4.31. The first kappa shape index (κ1) is 21.8. The first-order valence-electron chi connectivity index (χ1n) is 8.93. The third kappa shape index (κ3) is 5.39. The number of benzene rings is 2. The lowest BCUT2D eigenvalue weighted by Crippen LogP contribution is -2.17. The molecule has 0 atom stereocenters. The van der Waals surface area contributed by atoms with Crippen molar-refractivity contribution in [1.29, 1.82) is 0 Å². The number of anilines is 1. The van der Waals surface area contributed by atoms with Gasteiger partial charge < -0.3 is 14.6 Å². The highest BCUT2D eigenvalue weighted by Crippen LogP contribution is 2.33. The summed E-state index contributed by atoms with van der Waals surface area (Å²) in [6, 6.07) is 13.3. The van der Waals surface area contributed by atoms with Crippen molar-refractivity contribution in [3.05, 3.63) is 58.0 Å². The van der Waals surface area contributed by atoms with E-state index in [2.05, 4.69) is 31.1 Å². The number of aromatic nitrogens is 1. The molecule has 0 saturated carbocycles. The average molecular weight is 499 g/mol. The van der Waals surface area contributed by atoms with E-state index in [1.165, 1.54) is 12.1 Å². The zero-order chi connectivity index (χ0) is 21.0. The SMILES string of the molecule is CN(C)CCCNc1oc(-c2ccc(Cl)cc2)nc1S(=O)(=O)c1ccc(Br)cc1. The van der Waals surface area contributed by atoms with E-state index < -0.39 is 9.84 Å². The number of hydrogen-bond donors (Lipinski definition) is 1. The summed E-state index contributed by atoms with van der Waals surface area (Å²) < 4.78 is 33.0. The van der Waals surface area contributed by atoms with Crippen molar-refractivity contribution in [2.45, 2.75) is 16.3 Å². The third-order valence-corrected chi connectivity index (χ3v) is 6.59. The third-order valence-electron chi connectivity index (χ3n) is 4.13. The molecule has 1 N–H and O–H groups in total. The summed E-state index contributed by atoms with van der Waals surface area (Å²) in [5.41, 5.74) is 0.642. The Hall–Kier alpha value is -1.87. The van der Waals surface area contributed by atoms with Crippen LogP contribution < -0.4 is 5.32 Å². The van der Waals surface area contributed by atoms with Gasteiger partial charge in [-0.15, -0.1) is 0 Å². The Morgan fingerprint density at radius 2 is 1.76 bits per heavy atom. The van der Waals surface area contributed by atoms with E-state index in [0.717, 1.165) is 17.4 Å². The number of sulfone groups is 1. The Morgan fingerprint density at radius 1 is 1.10 bits per heavy atom. The average Bonchev–Trinajstić information content (AvgIpc) is 3.11. The number of hydrogen-bond acceptors (Lipinski definition) is 6. The van der Waals surface area contributed by atoms with Gasteiger partial charge in [-0.05, 0) is 75.6 Å². The number of nitrogens with zero attached hydrogens (tertiary/aromatic N) is 2. The van der Waals surface area contributed by atoms with E-state index in [9.17, 15) is 8.42 Å². The minimum Gasteiger partial charge on any atom is -0.419 e. The van der Waals surface area contributed by atoms with Crippen LogP contribution in [0.2, 0.25) is 5.02 Å². The standard InChI is InChI=1S/C20H21BrClN3O3S/c1-25(2)13-3-12-23-19-20(29(26,27)17-10-6-15(21)7-11-17)24-18(28-19)14-4-8-16(22)9-5-14/h4-11,23H,3,12-13H2,1-2H3. The van der Waals surface area contributed by atoms with Crippen molar-refractivity contribution in [2.24, 2.45) is 0 Å². The van der Waals surface area contributed by atoms with Gasteiger partial charge in [0.25, 0.3) is 0 Å². The zero-order valence-corrected chi connectivity index (χ0v) is 19.2. The second-order valence-electron chi connectivity index (χ2n) is 6.70. The van der Waals surface area contributed by atoms with E-state index in [1.807, 2.05) is 14.1 Å². The molecular weight excluding hydrogens is 478 g/mol. The Labute approximate surface area is 183 Å². The van der Waals surface area contributed by atoms with Crippen LogP contribution in [-0.2, 0) is 9.84 Å². The minimum absolute atomic E-state index is 0.130. The summed E-state index contributed by atoms with van der Waals surface area (Å²) in [6.07, 6.45) is 0.821. The van der Waals surface area contributed by atoms with E-state index >= 15 is 0 Å². The van der Waals surface area contributed by atoms with E-state index in [-0.39, 0.29) is 21.7 Å². The zero-order valence-electron chi connectivity index (χ0n) is 16.0. The molecule has 0 saturated heterocycles. The van der Waals surface area contributed by atoms with Crippen molar-refractivity contribution in [1.82, 2.24) is 9.88 Å². The van der Waals surface area contributed by atoms with Gasteiger partial charge in [0.15, 0.2) is 0 Å². The predicted molar refractivity (Wildman–Crippen MR) is 118 cm³/mol. The van der Waals surface area contributed by atoms with Gasteiger partial charge in [-0.1, -0.05) is 27.5 Å². The number of nitrogens with one attached hydrogen (secondary N) is 1. The number of halogens is 2. The lowest BCUT2D eigenvalue weighted by molar-refractivity contribution is 0.404. The van der Waals surface area contributed by atoms with Crippen LogP contribution in [0, 0.1) is 0 Å². The van der Waals surface area contributed by atoms with Crippen molar-refractivity contribution in [2.75, 3.05) is 32.5 Å². The summed E-state index contributed by atoms with van der Waals surface area (Å²) in [6.45, 7) is 1.41. The van der Waals surface area contributed by atoms with Crippen LogP contribution in [0.4, 0.5) is 5.88 Å². The van der Waals surface area contributed by atoms with Gasteiger partial charge in [0, 0.05) is 21.6 Å².